The number of para-hydroxylation sites is 1. The second-order valence-electron chi connectivity index (χ2n) is 8.72. The zero-order chi connectivity index (χ0) is 22.4. The highest BCUT2D eigenvalue weighted by Gasteiger charge is 2.27. The summed E-state index contributed by atoms with van der Waals surface area (Å²) in [6, 6.07) is 8.27. The Bertz CT molecular complexity index is 800. The maximum absolute atomic E-state index is 12.3. The molecule has 1 atom stereocenters. The van der Waals surface area contributed by atoms with Crippen LogP contribution in [-0.4, -0.2) is 74.0 Å². The van der Waals surface area contributed by atoms with E-state index in [1.54, 1.807) is 19.0 Å². The Morgan fingerprint density at radius 3 is 2.55 bits per heavy atom. The first-order valence-electron chi connectivity index (χ1n) is 11.1. The number of nitrogens with one attached hydrogen (secondary N) is 2. The number of guanidine groups is 1. The molecule has 1 aromatic rings. The molecule has 0 spiro atoms. The van der Waals surface area contributed by atoms with Crippen LogP contribution >= 0.6 is 0 Å². The number of hydrogen-bond donors (Lipinski definition) is 2. The number of likely N-dealkylation sites (N-methyl/N-ethyl adjacent to an activating group) is 1. The van der Waals surface area contributed by atoms with Gasteiger partial charge in [0.2, 0.25) is 11.8 Å². The van der Waals surface area contributed by atoms with Crippen molar-refractivity contribution in [2.24, 2.45) is 10.9 Å². The van der Waals surface area contributed by atoms with Crippen LogP contribution in [0.5, 0.6) is 5.75 Å². The Hall–Kier alpha value is -2.77. The number of hydrogen-bond acceptors (Lipinski definition) is 4. The molecular weight excluding hydrogens is 394 g/mol. The van der Waals surface area contributed by atoms with E-state index >= 15 is 0 Å². The number of ether oxygens (including phenoxy) is 1. The fraction of sp³-hybridized carbons (Fsp3) is 0.609. The number of rotatable bonds is 5. The Morgan fingerprint density at radius 2 is 1.87 bits per heavy atom. The molecule has 170 valence electrons. The average Bonchev–Trinajstić information content (AvgIpc) is 2.77. The Morgan fingerprint density at radius 1 is 1.16 bits per heavy atom. The number of piperidine rings is 1. The minimum Gasteiger partial charge on any atom is -0.493 e. The lowest BCUT2D eigenvalue weighted by Gasteiger charge is -2.35. The molecule has 1 saturated heterocycles. The smallest absolute Gasteiger partial charge is 0.243 e. The van der Waals surface area contributed by atoms with Crippen LogP contribution < -0.4 is 15.4 Å². The molecule has 31 heavy (non-hydrogen) atoms. The van der Waals surface area contributed by atoms with E-state index in [0.717, 1.165) is 43.7 Å². The van der Waals surface area contributed by atoms with Gasteiger partial charge in [0, 0.05) is 51.1 Å². The number of nitrogens with zero attached hydrogens (tertiary/aromatic N) is 3. The monoisotopic (exact) mass is 429 g/mol. The summed E-state index contributed by atoms with van der Waals surface area (Å²) < 4.78 is 5.77. The molecule has 0 saturated carbocycles. The minimum atomic E-state index is -0.0502. The summed E-state index contributed by atoms with van der Waals surface area (Å²) in [6.07, 6.45) is 2.52. The van der Waals surface area contributed by atoms with E-state index in [9.17, 15) is 9.59 Å². The van der Waals surface area contributed by atoms with Crippen molar-refractivity contribution in [2.45, 2.75) is 45.2 Å². The predicted molar refractivity (Wildman–Crippen MR) is 121 cm³/mol. The number of fused-ring (bicyclic) bond motifs is 1. The topological polar surface area (TPSA) is 86.3 Å². The second kappa shape index (κ2) is 10.5. The SMILES string of the molecule is CC(C)C(=O)N1CCC(NC(=NCC(=O)N(C)C)NC2CCOc3ccccc32)CC1. The molecule has 1 unspecified atom stereocenters. The van der Waals surface area contributed by atoms with E-state index in [1.807, 2.05) is 36.9 Å². The number of likely N-dealkylation sites (tertiary alicyclic amines) is 1. The van der Waals surface area contributed by atoms with Crippen LogP contribution in [0.1, 0.15) is 44.7 Å². The summed E-state index contributed by atoms with van der Waals surface area (Å²) in [5.74, 6) is 1.70. The van der Waals surface area contributed by atoms with Crippen molar-refractivity contribution in [3.63, 3.8) is 0 Å². The first-order valence-corrected chi connectivity index (χ1v) is 11.1. The summed E-state index contributed by atoms with van der Waals surface area (Å²) >= 11 is 0. The first kappa shape index (κ1) is 22.9. The Balaban J connectivity index is 1.67. The number of amides is 2. The van der Waals surface area contributed by atoms with Crippen LogP contribution in [-0.2, 0) is 9.59 Å². The van der Waals surface area contributed by atoms with Crippen LogP contribution in [0, 0.1) is 5.92 Å². The zero-order valence-corrected chi connectivity index (χ0v) is 19.1. The maximum atomic E-state index is 12.3. The van der Waals surface area contributed by atoms with Gasteiger partial charge in [0.05, 0.1) is 12.6 Å². The minimum absolute atomic E-state index is 0.0222. The van der Waals surface area contributed by atoms with Crippen molar-refractivity contribution in [3.8, 4) is 5.75 Å². The predicted octanol–water partition coefficient (Wildman–Crippen LogP) is 1.78. The second-order valence-corrected chi connectivity index (χ2v) is 8.72. The van der Waals surface area contributed by atoms with Gasteiger partial charge in [0.25, 0.3) is 0 Å². The molecule has 2 N–H and O–H groups in total. The third-order valence-electron chi connectivity index (χ3n) is 5.78. The van der Waals surface area contributed by atoms with Gasteiger partial charge in [0.1, 0.15) is 12.3 Å². The standard InChI is InChI=1S/C23H35N5O3/c1-16(2)22(30)28-12-9-17(10-13-28)25-23(24-15-21(29)27(3)4)26-19-11-14-31-20-8-6-5-7-18(19)20/h5-8,16-17,19H,9-15H2,1-4H3,(H2,24,25,26). The summed E-state index contributed by atoms with van der Waals surface area (Å²) in [7, 11) is 3.46. The van der Waals surface area contributed by atoms with Gasteiger partial charge in [-0.1, -0.05) is 32.0 Å². The quantitative estimate of drug-likeness (QED) is 0.550. The van der Waals surface area contributed by atoms with Gasteiger partial charge in [-0.3, -0.25) is 9.59 Å². The van der Waals surface area contributed by atoms with Gasteiger partial charge in [-0.05, 0) is 18.9 Å². The van der Waals surface area contributed by atoms with Gasteiger partial charge in [0.15, 0.2) is 5.96 Å². The Labute approximate surface area is 185 Å². The van der Waals surface area contributed by atoms with E-state index in [2.05, 4.69) is 21.7 Å². The van der Waals surface area contributed by atoms with Crippen molar-refractivity contribution in [3.05, 3.63) is 29.8 Å². The molecule has 2 heterocycles. The molecular formula is C23H35N5O3. The van der Waals surface area contributed by atoms with E-state index in [4.69, 9.17) is 4.74 Å². The molecule has 0 bridgehead atoms. The summed E-state index contributed by atoms with van der Waals surface area (Å²) in [6.45, 7) is 6.06. The lowest BCUT2D eigenvalue weighted by molar-refractivity contribution is -0.135. The van der Waals surface area contributed by atoms with Crippen LogP contribution in [0.2, 0.25) is 0 Å². The van der Waals surface area contributed by atoms with Crippen LogP contribution in [0.3, 0.4) is 0 Å². The van der Waals surface area contributed by atoms with Crippen molar-refractivity contribution >= 4 is 17.8 Å². The highest BCUT2D eigenvalue weighted by atomic mass is 16.5. The molecule has 1 fully saturated rings. The highest BCUT2D eigenvalue weighted by Crippen LogP contribution is 2.31. The van der Waals surface area contributed by atoms with Gasteiger partial charge in [-0.25, -0.2) is 4.99 Å². The molecule has 2 aliphatic heterocycles. The summed E-state index contributed by atoms with van der Waals surface area (Å²) in [4.78, 5) is 32.4. The zero-order valence-electron chi connectivity index (χ0n) is 19.1. The van der Waals surface area contributed by atoms with Gasteiger partial charge in [-0.15, -0.1) is 0 Å². The van der Waals surface area contributed by atoms with Gasteiger partial charge in [-0.2, -0.15) is 0 Å². The molecule has 1 aromatic carbocycles. The lowest BCUT2D eigenvalue weighted by Crippen LogP contribution is -2.51. The van der Waals surface area contributed by atoms with E-state index in [1.165, 1.54) is 0 Å². The van der Waals surface area contributed by atoms with Crippen molar-refractivity contribution < 1.29 is 14.3 Å². The molecule has 2 aliphatic rings. The third kappa shape index (κ3) is 6.12. The summed E-state index contributed by atoms with van der Waals surface area (Å²) in [5.41, 5.74) is 1.10. The van der Waals surface area contributed by atoms with Crippen molar-refractivity contribution in [1.29, 1.82) is 0 Å². The normalized spacial score (nSPS) is 19.5. The Kier molecular flexibility index (Phi) is 7.76. The number of benzene rings is 1. The fourth-order valence-corrected chi connectivity index (χ4v) is 3.88. The highest BCUT2D eigenvalue weighted by molar-refractivity contribution is 5.85. The number of carbonyl (C=O) groups is 2. The lowest BCUT2D eigenvalue weighted by atomic mass is 10.0. The van der Waals surface area contributed by atoms with Crippen molar-refractivity contribution in [2.75, 3.05) is 40.3 Å². The van der Waals surface area contributed by atoms with E-state index in [0.29, 0.717) is 12.6 Å². The molecule has 3 rings (SSSR count). The number of aliphatic imine (C=N–C) groups is 1. The van der Waals surface area contributed by atoms with Crippen LogP contribution in [0.25, 0.3) is 0 Å². The molecule has 8 heteroatoms. The number of carbonyl (C=O) groups excluding carboxylic acids is 2. The molecule has 0 aliphatic carbocycles. The van der Waals surface area contributed by atoms with E-state index in [-0.39, 0.29) is 36.4 Å². The molecule has 2 amide bonds. The van der Waals surface area contributed by atoms with Gasteiger partial charge < -0.3 is 25.2 Å². The van der Waals surface area contributed by atoms with E-state index < -0.39 is 0 Å². The third-order valence-corrected chi connectivity index (χ3v) is 5.78. The summed E-state index contributed by atoms with van der Waals surface area (Å²) in [5, 5.41) is 7.02. The largest absolute Gasteiger partial charge is 0.493 e. The molecule has 8 nitrogen and oxygen atoms in total. The fourth-order valence-electron chi connectivity index (χ4n) is 3.88. The maximum Gasteiger partial charge on any atom is 0.243 e. The van der Waals surface area contributed by atoms with Gasteiger partial charge >= 0.3 is 0 Å². The van der Waals surface area contributed by atoms with Crippen LogP contribution in [0.15, 0.2) is 29.3 Å². The first-order chi connectivity index (χ1) is 14.8. The molecule has 0 aromatic heterocycles. The molecule has 0 radical (unpaired) electrons. The van der Waals surface area contributed by atoms with Crippen LogP contribution in [0.4, 0.5) is 0 Å². The average molecular weight is 430 g/mol. The van der Waals surface area contributed by atoms with Crippen molar-refractivity contribution in [1.82, 2.24) is 20.4 Å².